The summed E-state index contributed by atoms with van der Waals surface area (Å²) in [6.07, 6.45) is 1.55. The van der Waals surface area contributed by atoms with Gasteiger partial charge in [0.1, 0.15) is 11.6 Å². The molecule has 8 nitrogen and oxygen atoms in total. The first kappa shape index (κ1) is 22.6. The fourth-order valence-corrected chi connectivity index (χ4v) is 5.78. The van der Waals surface area contributed by atoms with Crippen molar-refractivity contribution in [3.8, 4) is 23.2 Å². The first-order chi connectivity index (χ1) is 17.6. The average Bonchev–Trinajstić information content (AvgIpc) is 3.65. The summed E-state index contributed by atoms with van der Waals surface area (Å²) >= 11 is 1.31. The Balaban J connectivity index is 1.32. The lowest BCUT2D eigenvalue weighted by Crippen LogP contribution is -2.48. The maximum absolute atomic E-state index is 15.1. The summed E-state index contributed by atoms with van der Waals surface area (Å²) in [7, 11) is 1.65. The topological polar surface area (TPSA) is 79.3 Å². The van der Waals surface area contributed by atoms with Gasteiger partial charge in [0, 0.05) is 37.4 Å². The summed E-state index contributed by atoms with van der Waals surface area (Å²) in [5, 5.41) is 15.6. The first-order valence-corrected chi connectivity index (χ1v) is 12.4. The van der Waals surface area contributed by atoms with E-state index in [0.29, 0.717) is 40.1 Å². The Labute approximate surface area is 210 Å². The summed E-state index contributed by atoms with van der Waals surface area (Å²) in [5.74, 6) is 1.38. The minimum absolute atomic E-state index is 0.0360. The molecule has 2 aromatic carbocycles. The highest BCUT2D eigenvalue weighted by Gasteiger charge is 2.33. The Hall–Kier alpha value is -3.89. The van der Waals surface area contributed by atoms with Gasteiger partial charge in [0.2, 0.25) is 16.7 Å². The van der Waals surface area contributed by atoms with Gasteiger partial charge < -0.3 is 19.2 Å². The summed E-state index contributed by atoms with van der Waals surface area (Å²) in [6.45, 7) is 2.91. The second-order valence-electron chi connectivity index (χ2n) is 8.54. The predicted molar refractivity (Wildman–Crippen MR) is 135 cm³/mol. The molecule has 0 bridgehead atoms. The maximum atomic E-state index is 15.1. The highest BCUT2D eigenvalue weighted by molar-refractivity contribution is 7.17. The van der Waals surface area contributed by atoms with Crippen molar-refractivity contribution in [2.24, 2.45) is 0 Å². The molecule has 1 atom stereocenters. The number of methoxy groups -OCH3 is 1. The van der Waals surface area contributed by atoms with Crippen LogP contribution in [0, 0.1) is 5.82 Å². The van der Waals surface area contributed by atoms with Crippen LogP contribution < -0.4 is 9.64 Å². The minimum atomic E-state index is -0.468. The molecule has 3 aromatic heterocycles. The average molecular weight is 506 g/mol. The van der Waals surface area contributed by atoms with Crippen LogP contribution >= 0.6 is 11.3 Å². The second kappa shape index (κ2) is 9.29. The van der Waals surface area contributed by atoms with Crippen molar-refractivity contribution in [1.82, 2.24) is 19.5 Å². The van der Waals surface area contributed by atoms with Gasteiger partial charge in [-0.2, -0.15) is 9.50 Å². The van der Waals surface area contributed by atoms with Crippen LogP contribution in [-0.4, -0.2) is 57.9 Å². The molecule has 36 heavy (non-hydrogen) atoms. The zero-order valence-electron chi connectivity index (χ0n) is 19.5. The van der Waals surface area contributed by atoms with Crippen molar-refractivity contribution in [2.45, 2.75) is 6.04 Å². The summed E-state index contributed by atoms with van der Waals surface area (Å²) in [5.41, 5.74) is 1.63. The fraction of sp³-hybridized carbons (Fsp3) is 0.231. The van der Waals surface area contributed by atoms with Gasteiger partial charge in [0.15, 0.2) is 5.76 Å². The zero-order valence-corrected chi connectivity index (χ0v) is 20.4. The number of aromatic nitrogens is 3. The van der Waals surface area contributed by atoms with E-state index in [2.05, 4.69) is 19.9 Å². The van der Waals surface area contributed by atoms with Gasteiger partial charge in [0.05, 0.1) is 24.3 Å². The van der Waals surface area contributed by atoms with Crippen molar-refractivity contribution in [3.63, 3.8) is 0 Å². The number of halogens is 1. The van der Waals surface area contributed by atoms with E-state index in [0.717, 1.165) is 24.5 Å². The minimum Gasteiger partial charge on any atom is -0.497 e. The maximum Gasteiger partial charge on any atom is 0.230 e. The van der Waals surface area contributed by atoms with E-state index in [1.807, 2.05) is 30.3 Å². The van der Waals surface area contributed by atoms with Gasteiger partial charge in [-0.1, -0.05) is 29.5 Å². The number of hydrogen-bond acceptors (Lipinski definition) is 8. The number of thiazole rings is 1. The van der Waals surface area contributed by atoms with Gasteiger partial charge >= 0.3 is 0 Å². The molecule has 4 heterocycles. The Kier molecular flexibility index (Phi) is 5.82. The molecule has 5 aromatic rings. The Bertz CT molecular complexity index is 1470. The molecule has 1 N–H and O–H groups in total. The molecular formula is C26H24FN5O3S. The molecule has 1 aliphatic rings. The SMILES string of the molecule is COc1ccc(N2CCN([C@H](c3ccccc3F)c3sc4nc(-c5ccco5)nn4c3O)CC2)cc1. The number of piperazine rings is 1. The van der Waals surface area contributed by atoms with Crippen LogP contribution in [-0.2, 0) is 0 Å². The molecule has 0 aliphatic carbocycles. The van der Waals surface area contributed by atoms with E-state index in [9.17, 15) is 5.11 Å². The van der Waals surface area contributed by atoms with E-state index in [-0.39, 0.29) is 11.7 Å². The van der Waals surface area contributed by atoms with Gasteiger partial charge in [-0.05, 0) is 42.5 Å². The lowest BCUT2D eigenvalue weighted by atomic mass is 10.0. The van der Waals surface area contributed by atoms with Crippen LogP contribution in [0.1, 0.15) is 16.5 Å². The number of fused-ring (bicyclic) bond motifs is 1. The van der Waals surface area contributed by atoms with E-state index in [4.69, 9.17) is 9.15 Å². The molecule has 6 rings (SSSR count). The summed E-state index contributed by atoms with van der Waals surface area (Å²) in [6, 6.07) is 17.8. The monoisotopic (exact) mass is 505 g/mol. The molecule has 1 saturated heterocycles. The number of anilines is 1. The molecule has 0 spiro atoms. The normalized spacial score (nSPS) is 15.4. The fourth-order valence-electron chi connectivity index (χ4n) is 4.67. The quantitative estimate of drug-likeness (QED) is 0.355. The molecule has 0 unspecified atom stereocenters. The van der Waals surface area contributed by atoms with Gasteiger partial charge in [0.25, 0.3) is 0 Å². The van der Waals surface area contributed by atoms with E-state index in [1.165, 1.54) is 21.9 Å². The van der Waals surface area contributed by atoms with Crippen LogP contribution in [0.5, 0.6) is 11.6 Å². The molecule has 184 valence electrons. The number of ether oxygens (including phenoxy) is 1. The highest BCUT2D eigenvalue weighted by Crippen LogP contribution is 2.41. The highest BCUT2D eigenvalue weighted by atomic mass is 32.1. The van der Waals surface area contributed by atoms with Crippen LogP contribution in [0.4, 0.5) is 10.1 Å². The number of rotatable bonds is 6. The third kappa shape index (κ3) is 3.98. The van der Waals surface area contributed by atoms with Crippen molar-refractivity contribution in [1.29, 1.82) is 0 Å². The first-order valence-electron chi connectivity index (χ1n) is 11.6. The smallest absolute Gasteiger partial charge is 0.230 e. The van der Waals surface area contributed by atoms with E-state index in [1.54, 1.807) is 37.6 Å². The predicted octanol–water partition coefficient (Wildman–Crippen LogP) is 4.82. The third-order valence-corrected chi connectivity index (χ3v) is 7.58. The lowest BCUT2D eigenvalue weighted by molar-refractivity contribution is 0.208. The van der Waals surface area contributed by atoms with Gasteiger partial charge in [-0.3, -0.25) is 4.90 Å². The number of furan rings is 1. The lowest BCUT2D eigenvalue weighted by Gasteiger charge is -2.40. The zero-order chi connectivity index (χ0) is 24.6. The molecule has 0 radical (unpaired) electrons. The Morgan fingerprint density at radius 2 is 1.81 bits per heavy atom. The summed E-state index contributed by atoms with van der Waals surface area (Å²) in [4.78, 5) is 10.2. The Morgan fingerprint density at radius 1 is 1.03 bits per heavy atom. The number of benzene rings is 2. The van der Waals surface area contributed by atoms with Crippen molar-refractivity contribution < 1.29 is 18.7 Å². The molecule has 1 aliphatic heterocycles. The molecular weight excluding hydrogens is 481 g/mol. The van der Waals surface area contributed by atoms with Crippen LogP contribution in [0.25, 0.3) is 16.5 Å². The van der Waals surface area contributed by atoms with Crippen LogP contribution in [0.3, 0.4) is 0 Å². The molecule has 10 heteroatoms. The van der Waals surface area contributed by atoms with E-state index >= 15 is 4.39 Å². The standard InChI is InChI=1S/C26H24FN5O3S/c1-34-18-10-8-17(9-11-18)30-12-14-31(15-13-30)22(19-5-2-3-6-20(19)27)23-25(33)32-26(36-23)28-24(29-32)21-7-4-16-35-21/h2-11,16,22,33H,12-15H2,1H3/t22-/m1/s1. The second-order valence-corrected chi connectivity index (χ2v) is 9.55. The third-order valence-electron chi connectivity index (χ3n) is 6.51. The van der Waals surface area contributed by atoms with Crippen LogP contribution in [0.15, 0.2) is 71.3 Å². The van der Waals surface area contributed by atoms with Gasteiger partial charge in [-0.25, -0.2) is 4.39 Å². The van der Waals surface area contributed by atoms with Crippen molar-refractivity contribution in [3.05, 3.63) is 83.2 Å². The molecule has 0 amide bonds. The molecule has 0 saturated carbocycles. The number of nitrogens with zero attached hydrogens (tertiary/aromatic N) is 5. The number of hydrogen-bond donors (Lipinski definition) is 1. The van der Waals surface area contributed by atoms with E-state index < -0.39 is 6.04 Å². The molecule has 1 fully saturated rings. The van der Waals surface area contributed by atoms with Crippen molar-refractivity contribution in [2.75, 3.05) is 38.2 Å². The Morgan fingerprint density at radius 3 is 2.47 bits per heavy atom. The van der Waals surface area contributed by atoms with Crippen molar-refractivity contribution >= 4 is 22.0 Å². The number of aromatic hydroxyl groups is 1. The largest absolute Gasteiger partial charge is 0.497 e. The summed E-state index contributed by atoms with van der Waals surface area (Å²) < 4.78 is 27.1. The van der Waals surface area contributed by atoms with Gasteiger partial charge in [-0.15, -0.1) is 5.10 Å². The van der Waals surface area contributed by atoms with Crippen LogP contribution in [0.2, 0.25) is 0 Å².